The minimum absolute atomic E-state index is 0.0467. The van der Waals surface area contributed by atoms with E-state index in [0.717, 1.165) is 85.0 Å². The Bertz CT molecular complexity index is 3260. The van der Waals surface area contributed by atoms with Crippen LogP contribution in [0.3, 0.4) is 0 Å². The van der Waals surface area contributed by atoms with Gasteiger partial charge in [0, 0.05) is 38.1 Å². The summed E-state index contributed by atoms with van der Waals surface area (Å²) in [7, 11) is 0. The molecule has 0 bridgehead atoms. The van der Waals surface area contributed by atoms with Crippen molar-refractivity contribution in [1.29, 1.82) is 0 Å². The van der Waals surface area contributed by atoms with Gasteiger partial charge in [-0.05, 0) is 157 Å². The van der Waals surface area contributed by atoms with E-state index in [2.05, 4.69) is 223 Å². The molecule has 3 aliphatic rings. The smallest absolute Gasteiger partial charge is 0.252 e. The van der Waals surface area contributed by atoms with Gasteiger partial charge >= 0.3 is 0 Å². The molecule has 0 aromatic heterocycles. The Hall–Kier alpha value is -6.58. The van der Waals surface area contributed by atoms with E-state index in [9.17, 15) is 0 Å². The Morgan fingerprint density at radius 3 is 1.58 bits per heavy atom. The second-order valence-electron chi connectivity index (χ2n) is 20.8. The van der Waals surface area contributed by atoms with Gasteiger partial charge in [0.2, 0.25) is 0 Å². The molecule has 0 atom stereocenters. The summed E-state index contributed by atoms with van der Waals surface area (Å²) in [6, 6.07) is 61.4. The maximum atomic E-state index is 9.12. The van der Waals surface area contributed by atoms with Crippen LogP contribution in [0.15, 0.2) is 170 Å². The SMILES string of the molecule is [2H]C([2H])([2H])c1cc2c3c(c1)N(c1ccc(C(C)(C)C)cc1-c1ccccc1)c1ccc(-c4ccccc4)cc1B3c1cc3c(cc1N2c1ccc(-c2ccccc2)cc1C)C(C)(C)CC3(C)C. The summed E-state index contributed by atoms with van der Waals surface area (Å²) in [6.07, 6.45) is 1.03. The van der Waals surface area contributed by atoms with Crippen LogP contribution >= 0.6 is 0 Å². The molecule has 8 aromatic carbocycles. The highest BCUT2D eigenvalue weighted by atomic mass is 15.2. The lowest BCUT2D eigenvalue weighted by molar-refractivity contribution is 0.403. The molecule has 11 rings (SSSR count). The second-order valence-corrected chi connectivity index (χ2v) is 20.8. The summed E-state index contributed by atoms with van der Waals surface area (Å²) < 4.78 is 27.3. The molecule has 3 heteroatoms. The maximum Gasteiger partial charge on any atom is 0.252 e. The lowest BCUT2D eigenvalue weighted by Gasteiger charge is -2.45. The van der Waals surface area contributed by atoms with E-state index in [1.165, 1.54) is 27.6 Å². The third kappa shape index (κ3) is 6.38. The fourth-order valence-electron chi connectivity index (χ4n) is 11.6. The minimum atomic E-state index is -2.38. The predicted molar refractivity (Wildman–Crippen MR) is 276 cm³/mol. The molecule has 0 radical (unpaired) electrons. The first-order valence-electron chi connectivity index (χ1n) is 24.4. The van der Waals surface area contributed by atoms with Crippen LogP contribution in [0, 0.1) is 13.8 Å². The summed E-state index contributed by atoms with van der Waals surface area (Å²) in [5.41, 5.74) is 21.6. The van der Waals surface area contributed by atoms with Gasteiger partial charge in [-0.1, -0.05) is 170 Å². The number of anilines is 6. The van der Waals surface area contributed by atoms with E-state index < -0.39 is 6.85 Å². The Balaban J connectivity index is 1.28. The van der Waals surface area contributed by atoms with Crippen LogP contribution < -0.4 is 26.2 Å². The van der Waals surface area contributed by atoms with Crippen molar-refractivity contribution < 1.29 is 4.11 Å². The Morgan fingerprint density at radius 2 is 1.00 bits per heavy atom. The lowest BCUT2D eigenvalue weighted by Crippen LogP contribution is -2.61. The predicted octanol–water partition coefficient (Wildman–Crippen LogP) is 14.6. The van der Waals surface area contributed by atoms with Crippen LogP contribution in [0.2, 0.25) is 0 Å². The van der Waals surface area contributed by atoms with Gasteiger partial charge in [-0.15, -0.1) is 0 Å². The molecule has 2 nitrogen and oxygen atoms in total. The zero-order chi connectivity index (χ0) is 46.8. The maximum absolute atomic E-state index is 9.12. The molecule has 0 amide bonds. The van der Waals surface area contributed by atoms with E-state index in [1.807, 2.05) is 12.1 Å². The highest BCUT2D eigenvalue weighted by molar-refractivity contribution is 7.00. The topological polar surface area (TPSA) is 6.48 Å². The van der Waals surface area contributed by atoms with E-state index in [1.54, 1.807) is 0 Å². The summed E-state index contributed by atoms with van der Waals surface area (Å²) in [5, 5.41) is 0. The van der Waals surface area contributed by atoms with Crippen molar-refractivity contribution in [3.8, 4) is 33.4 Å². The Kier molecular flexibility index (Phi) is 8.34. The van der Waals surface area contributed by atoms with Gasteiger partial charge in [0.25, 0.3) is 6.71 Å². The average Bonchev–Trinajstić information content (AvgIpc) is 3.49. The van der Waals surface area contributed by atoms with Crippen molar-refractivity contribution in [3.63, 3.8) is 0 Å². The van der Waals surface area contributed by atoms with Crippen LogP contribution in [-0.2, 0) is 16.2 Å². The van der Waals surface area contributed by atoms with E-state index in [4.69, 9.17) is 4.11 Å². The summed E-state index contributed by atoms with van der Waals surface area (Å²) >= 11 is 0. The first-order chi connectivity index (χ1) is 31.9. The Labute approximate surface area is 385 Å². The zero-order valence-electron chi connectivity index (χ0n) is 41.3. The van der Waals surface area contributed by atoms with E-state index in [-0.39, 0.29) is 23.0 Å². The molecule has 0 fully saturated rings. The highest BCUT2D eigenvalue weighted by Gasteiger charge is 2.48. The molecule has 2 aliphatic heterocycles. The molecule has 64 heavy (non-hydrogen) atoms. The van der Waals surface area contributed by atoms with Crippen molar-refractivity contribution in [1.82, 2.24) is 0 Å². The zero-order valence-corrected chi connectivity index (χ0v) is 38.3. The van der Waals surface area contributed by atoms with Gasteiger partial charge in [0.1, 0.15) is 0 Å². The number of nitrogens with zero attached hydrogens (tertiary/aromatic N) is 2. The van der Waals surface area contributed by atoms with Gasteiger partial charge in [0.05, 0.1) is 5.69 Å². The summed E-state index contributed by atoms with van der Waals surface area (Å²) in [4.78, 5) is 4.80. The summed E-state index contributed by atoms with van der Waals surface area (Å²) in [5.74, 6) is 0. The van der Waals surface area contributed by atoms with Crippen LogP contribution in [0.5, 0.6) is 0 Å². The molecule has 0 spiro atoms. The standard InChI is InChI=1S/C61H57BN2/c1-39-31-56-58-57(32-39)64(53-30-27-46(59(3,4)5)35-47(53)43-23-17-12-18-24-43)54-29-26-45(42-21-15-11-16-22-42)34-50(54)62(58)51-36-48-49(61(8,9)38-60(48,6)7)37-55(51)63(56)52-28-25-44(33-40(52)2)41-19-13-10-14-20-41/h10-37H,38H2,1-9H3/i1D3. The molecule has 0 unspecified atom stereocenters. The molecule has 0 saturated heterocycles. The van der Waals surface area contributed by atoms with Crippen molar-refractivity contribution in [2.75, 3.05) is 9.80 Å². The third-order valence-electron chi connectivity index (χ3n) is 14.4. The van der Waals surface area contributed by atoms with Crippen molar-refractivity contribution in [2.24, 2.45) is 0 Å². The molecule has 314 valence electrons. The molecular formula is C61H57BN2. The van der Waals surface area contributed by atoms with E-state index >= 15 is 0 Å². The number of benzene rings is 8. The molecule has 0 saturated carbocycles. The van der Waals surface area contributed by atoms with Crippen LogP contribution in [0.25, 0.3) is 33.4 Å². The van der Waals surface area contributed by atoms with Gasteiger partial charge < -0.3 is 9.80 Å². The molecule has 8 aromatic rings. The summed E-state index contributed by atoms with van der Waals surface area (Å²) in [6.45, 7) is 16.0. The van der Waals surface area contributed by atoms with Crippen LogP contribution in [-0.4, -0.2) is 6.71 Å². The van der Waals surface area contributed by atoms with Crippen molar-refractivity contribution in [3.05, 3.63) is 198 Å². The Morgan fingerprint density at radius 1 is 0.484 bits per heavy atom. The van der Waals surface area contributed by atoms with Gasteiger partial charge in [0.15, 0.2) is 0 Å². The molecule has 1 aliphatic carbocycles. The molecule has 2 heterocycles. The largest absolute Gasteiger partial charge is 0.311 e. The monoisotopic (exact) mass is 831 g/mol. The molecule has 0 N–H and O–H groups in total. The quantitative estimate of drug-likeness (QED) is 0.159. The van der Waals surface area contributed by atoms with Crippen molar-refractivity contribution in [2.45, 2.75) is 84.9 Å². The molecular weight excluding hydrogens is 771 g/mol. The van der Waals surface area contributed by atoms with Gasteiger partial charge in [-0.25, -0.2) is 0 Å². The van der Waals surface area contributed by atoms with Crippen LogP contribution in [0.1, 0.15) is 86.8 Å². The fourth-order valence-corrected chi connectivity index (χ4v) is 11.6. The first kappa shape index (κ1) is 36.9. The minimum Gasteiger partial charge on any atom is -0.311 e. The van der Waals surface area contributed by atoms with Gasteiger partial charge in [-0.3, -0.25) is 0 Å². The first-order valence-corrected chi connectivity index (χ1v) is 22.9. The highest BCUT2D eigenvalue weighted by Crippen LogP contribution is 2.53. The number of aryl methyl sites for hydroxylation is 2. The third-order valence-corrected chi connectivity index (χ3v) is 14.4. The van der Waals surface area contributed by atoms with E-state index in [0.29, 0.717) is 5.56 Å². The number of fused-ring (bicyclic) bond motifs is 5. The van der Waals surface area contributed by atoms with Gasteiger partial charge in [-0.2, -0.15) is 0 Å². The second kappa shape index (κ2) is 14.5. The number of hydrogen-bond donors (Lipinski definition) is 0. The average molecular weight is 832 g/mol. The number of rotatable bonds is 5. The lowest BCUT2D eigenvalue weighted by atomic mass is 9.33. The normalized spacial score (nSPS) is 16.2. The van der Waals surface area contributed by atoms with Crippen molar-refractivity contribution >= 4 is 57.2 Å². The number of hydrogen-bond acceptors (Lipinski definition) is 2. The fraction of sp³-hybridized carbons (Fsp3) is 0.213. The van der Waals surface area contributed by atoms with Crippen LogP contribution in [0.4, 0.5) is 34.1 Å².